The van der Waals surface area contributed by atoms with Crippen molar-refractivity contribution in [1.29, 1.82) is 0 Å². The van der Waals surface area contributed by atoms with Crippen LogP contribution in [-0.4, -0.2) is 35.1 Å². The largest absolute Gasteiger partial charge is 0.355 e. The van der Waals surface area contributed by atoms with Gasteiger partial charge in [-0.05, 0) is 49.1 Å². The molecule has 0 fully saturated rings. The van der Waals surface area contributed by atoms with E-state index in [1.54, 1.807) is 28.8 Å². The maximum atomic E-state index is 13.2. The van der Waals surface area contributed by atoms with Gasteiger partial charge in [-0.2, -0.15) is 0 Å². The van der Waals surface area contributed by atoms with Crippen molar-refractivity contribution in [3.8, 4) is 0 Å². The quantitative estimate of drug-likeness (QED) is 0.628. The Kier molecular flexibility index (Phi) is 9.19. The Balaban J connectivity index is 2.11. The van der Waals surface area contributed by atoms with Gasteiger partial charge in [0, 0.05) is 18.8 Å². The zero-order chi connectivity index (χ0) is 21.2. The Hall–Kier alpha value is -2.34. The van der Waals surface area contributed by atoms with Crippen molar-refractivity contribution < 1.29 is 14.0 Å². The van der Waals surface area contributed by atoms with E-state index in [4.69, 9.17) is 0 Å². The fraction of sp³-hybridized carbons (Fsp3) is 0.391. The highest BCUT2D eigenvalue weighted by Gasteiger charge is 2.28. The molecule has 0 aliphatic rings. The van der Waals surface area contributed by atoms with Crippen LogP contribution in [0.5, 0.6) is 0 Å². The van der Waals surface area contributed by atoms with Gasteiger partial charge in [0.05, 0.1) is 5.75 Å². The summed E-state index contributed by atoms with van der Waals surface area (Å²) in [5.41, 5.74) is 3.20. The van der Waals surface area contributed by atoms with Gasteiger partial charge < -0.3 is 10.2 Å². The monoisotopic (exact) mass is 416 g/mol. The van der Waals surface area contributed by atoms with Crippen molar-refractivity contribution >= 4 is 23.6 Å². The molecule has 0 spiro atoms. The number of halogens is 1. The molecule has 2 rings (SSSR count). The second kappa shape index (κ2) is 11.6. The van der Waals surface area contributed by atoms with Gasteiger partial charge in [-0.25, -0.2) is 4.39 Å². The topological polar surface area (TPSA) is 49.4 Å². The van der Waals surface area contributed by atoms with Crippen molar-refractivity contribution in [2.45, 2.75) is 45.5 Å². The predicted molar refractivity (Wildman–Crippen MR) is 117 cm³/mol. The molecule has 29 heavy (non-hydrogen) atoms. The molecule has 0 bridgehead atoms. The molecule has 0 heterocycles. The van der Waals surface area contributed by atoms with Crippen LogP contribution in [-0.2, 0) is 21.9 Å². The lowest BCUT2D eigenvalue weighted by Crippen LogP contribution is -2.49. The number of hydrogen-bond donors (Lipinski definition) is 1. The van der Waals surface area contributed by atoms with E-state index < -0.39 is 6.04 Å². The third-order valence-corrected chi connectivity index (χ3v) is 5.71. The number of thioether (sulfide) groups is 1. The SMILES string of the molecule is CCNC(=O)[C@H](CC)N(Cc1ccc(F)cc1)C(=O)CSCc1ccccc1C. The van der Waals surface area contributed by atoms with Crippen LogP contribution in [0.3, 0.4) is 0 Å². The average molecular weight is 417 g/mol. The maximum absolute atomic E-state index is 13.2. The summed E-state index contributed by atoms with van der Waals surface area (Å²) < 4.78 is 13.2. The Morgan fingerprint density at radius 2 is 1.79 bits per heavy atom. The van der Waals surface area contributed by atoms with E-state index in [1.807, 2.05) is 26.0 Å². The summed E-state index contributed by atoms with van der Waals surface area (Å²) in [7, 11) is 0. The van der Waals surface area contributed by atoms with Gasteiger partial charge in [-0.3, -0.25) is 9.59 Å². The summed E-state index contributed by atoms with van der Waals surface area (Å²) in [6.07, 6.45) is 0.515. The highest BCUT2D eigenvalue weighted by atomic mass is 32.2. The van der Waals surface area contributed by atoms with Crippen molar-refractivity contribution in [2.75, 3.05) is 12.3 Å². The Labute approximate surface area is 176 Å². The van der Waals surface area contributed by atoms with Crippen LogP contribution in [0.4, 0.5) is 4.39 Å². The van der Waals surface area contributed by atoms with Gasteiger partial charge in [-0.15, -0.1) is 11.8 Å². The van der Waals surface area contributed by atoms with Crippen LogP contribution >= 0.6 is 11.8 Å². The van der Waals surface area contributed by atoms with E-state index in [-0.39, 0.29) is 29.9 Å². The average Bonchev–Trinajstić information content (AvgIpc) is 2.71. The second-order valence-corrected chi connectivity index (χ2v) is 7.87. The summed E-state index contributed by atoms with van der Waals surface area (Å²) in [4.78, 5) is 27.2. The number of benzene rings is 2. The van der Waals surface area contributed by atoms with Gasteiger partial charge >= 0.3 is 0 Å². The molecule has 0 saturated heterocycles. The highest BCUT2D eigenvalue weighted by Crippen LogP contribution is 2.19. The number of amides is 2. The number of carbonyl (C=O) groups is 2. The zero-order valence-electron chi connectivity index (χ0n) is 17.3. The molecule has 1 atom stereocenters. The molecule has 2 aromatic rings. The smallest absolute Gasteiger partial charge is 0.242 e. The molecule has 6 heteroatoms. The highest BCUT2D eigenvalue weighted by molar-refractivity contribution is 7.99. The van der Waals surface area contributed by atoms with Crippen molar-refractivity contribution in [3.05, 3.63) is 71.0 Å². The lowest BCUT2D eigenvalue weighted by atomic mass is 10.1. The molecule has 1 N–H and O–H groups in total. The van der Waals surface area contributed by atoms with Gasteiger partial charge in [0.25, 0.3) is 0 Å². The van der Waals surface area contributed by atoms with Crippen LogP contribution in [0.15, 0.2) is 48.5 Å². The number of hydrogen-bond acceptors (Lipinski definition) is 3. The number of likely N-dealkylation sites (N-methyl/N-ethyl adjacent to an activating group) is 1. The first kappa shape index (κ1) is 22.9. The summed E-state index contributed by atoms with van der Waals surface area (Å²) in [6, 6.07) is 13.6. The van der Waals surface area contributed by atoms with E-state index in [2.05, 4.69) is 24.4 Å². The minimum absolute atomic E-state index is 0.0917. The Morgan fingerprint density at radius 3 is 2.41 bits per heavy atom. The zero-order valence-corrected chi connectivity index (χ0v) is 18.1. The minimum Gasteiger partial charge on any atom is -0.355 e. The van der Waals surface area contributed by atoms with Crippen molar-refractivity contribution in [2.24, 2.45) is 0 Å². The molecule has 0 saturated carbocycles. The Morgan fingerprint density at radius 1 is 1.10 bits per heavy atom. The van der Waals surface area contributed by atoms with Gasteiger partial charge in [0.1, 0.15) is 11.9 Å². The molecular weight excluding hydrogens is 387 g/mol. The van der Waals surface area contributed by atoms with Crippen molar-refractivity contribution in [3.63, 3.8) is 0 Å². The molecular formula is C23H29FN2O2S. The number of nitrogens with one attached hydrogen (secondary N) is 1. The second-order valence-electron chi connectivity index (χ2n) is 6.89. The maximum Gasteiger partial charge on any atom is 0.242 e. The van der Waals surface area contributed by atoms with E-state index in [1.165, 1.54) is 23.3 Å². The molecule has 0 aliphatic carbocycles. The number of carbonyl (C=O) groups excluding carboxylic acids is 2. The first-order valence-electron chi connectivity index (χ1n) is 9.90. The minimum atomic E-state index is -0.549. The van der Waals surface area contributed by atoms with E-state index in [0.29, 0.717) is 13.0 Å². The molecule has 0 unspecified atom stereocenters. The van der Waals surface area contributed by atoms with Gasteiger partial charge in [-0.1, -0.05) is 43.3 Å². The lowest BCUT2D eigenvalue weighted by Gasteiger charge is -2.30. The fourth-order valence-electron chi connectivity index (χ4n) is 3.10. The number of rotatable bonds is 10. The molecule has 0 aromatic heterocycles. The van der Waals surface area contributed by atoms with Gasteiger partial charge in [0.2, 0.25) is 11.8 Å². The fourth-order valence-corrected chi connectivity index (χ4v) is 4.09. The molecule has 4 nitrogen and oxygen atoms in total. The van der Waals surface area contributed by atoms with Crippen LogP contribution in [0.1, 0.15) is 37.0 Å². The van der Waals surface area contributed by atoms with Crippen LogP contribution in [0.25, 0.3) is 0 Å². The van der Waals surface area contributed by atoms with Crippen LogP contribution < -0.4 is 5.32 Å². The van der Waals surface area contributed by atoms with E-state index >= 15 is 0 Å². The molecule has 156 valence electrons. The predicted octanol–water partition coefficient (Wildman–Crippen LogP) is 4.31. The first-order valence-corrected chi connectivity index (χ1v) is 11.1. The first-order chi connectivity index (χ1) is 14.0. The number of aryl methyl sites for hydroxylation is 1. The normalized spacial score (nSPS) is 11.7. The summed E-state index contributed by atoms with van der Waals surface area (Å²) in [5.74, 6) is 0.447. The third kappa shape index (κ3) is 6.89. The molecule has 0 aliphatic heterocycles. The van der Waals surface area contributed by atoms with Crippen LogP contribution in [0, 0.1) is 12.7 Å². The number of nitrogens with zero attached hydrogens (tertiary/aromatic N) is 1. The standard InChI is InChI=1S/C23H29FN2O2S/c1-4-21(23(28)25-5-2)26(14-18-10-12-20(24)13-11-18)22(27)16-29-15-19-9-7-6-8-17(19)3/h6-13,21H,4-5,14-16H2,1-3H3,(H,25,28)/t21-/m0/s1. The molecule has 2 aromatic carbocycles. The molecule has 2 amide bonds. The summed E-state index contributed by atoms with van der Waals surface area (Å²) in [6.45, 7) is 6.59. The van der Waals surface area contributed by atoms with Gasteiger partial charge in [0.15, 0.2) is 0 Å². The van der Waals surface area contributed by atoms with E-state index in [0.717, 1.165) is 11.3 Å². The lowest BCUT2D eigenvalue weighted by molar-refractivity contribution is -0.139. The molecule has 0 radical (unpaired) electrons. The van der Waals surface area contributed by atoms with Crippen LogP contribution in [0.2, 0.25) is 0 Å². The Bertz CT molecular complexity index is 811. The van der Waals surface area contributed by atoms with Crippen molar-refractivity contribution in [1.82, 2.24) is 10.2 Å². The summed E-state index contributed by atoms with van der Waals surface area (Å²) in [5, 5.41) is 2.82. The summed E-state index contributed by atoms with van der Waals surface area (Å²) >= 11 is 1.54. The third-order valence-electron chi connectivity index (χ3n) is 4.75. The van der Waals surface area contributed by atoms with E-state index in [9.17, 15) is 14.0 Å².